The van der Waals surface area contributed by atoms with Crippen molar-refractivity contribution in [2.24, 2.45) is 16.8 Å². The van der Waals surface area contributed by atoms with Gasteiger partial charge in [-0.05, 0) is 44.4 Å². The van der Waals surface area contributed by atoms with E-state index in [0.717, 1.165) is 24.3 Å². The molecule has 2 N–H and O–H groups in total. The second-order valence-corrected chi connectivity index (χ2v) is 6.09. The summed E-state index contributed by atoms with van der Waals surface area (Å²) in [5.41, 5.74) is 0. The van der Waals surface area contributed by atoms with Crippen LogP contribution in [-0.2, 0) is 9.53 Å². The Hall–Kier alpha value is -0.530. The Morgan fingerprint density at radius 1 is 1.27 bits per heavy atom. The Bertz CT molecular complexity index is 340. The van der Waals surface area contributed by atoms with Gasteiger partial charge in [-0.1, -0.05) is 13.8 Å². The Morgan fingerprint density at radius 3 is 2.41 bits per heavy atom. The average molecular weight is 425 g/mol. The van der Waals surface area contributed by atoms with Crippen LogP contribution in [0, 0.1) is 11.8 Å². The normalized spacial score (nSPS) is 22.0. The highest BCUT2D eigenvalue weighted by Gasteiger charge is 2.23. The zero-order valence-corrected chi connectivity index (χ0v) is 16.7. The summed E-state index contributed by atoms with van der Waals surface area (Å²) in [4.78, 5) is 15.6. The molecule has 0 atom stereocenters. The largest absolute Gasteiger partial charge is 0.469 e. The molecule has 1 aliphatic carbocycles. The van der Waals surface area contributed by atoms with E-state index in [0.29, 0.717) is 19.0 Å². The maximum absolute atomic E-state index is 11.1. The number of hydrogen-bond donors (Lipinski definition) is 2. The second-order valence-electron chi connectivity index (χ2n) is 6.09. The third-order valence-corrected chi connectivity index (χ3v) is 4.21. The molecule has 0 amide bonds. The van der Waals surface area contributed by atoms with E-state index in [-0.39, 0.29) is 29.9 Å². The number of carbonyl (C=O) groups is 1. The quantitative estimate of drug-likeness (QED) is 0.297. The minimum atomic E-state index is -0.216. The number of hydrogen-bond acceptors (Lipinski definition) is 3. The van der Waals surface area contributed by atoms with E-state index in [2.05, 4.69) is 34.2 Å². The van der Waals surface area contributed by atoms with Gasteiger partial charge in [0.25, 0.3) is 0 Å². The van der Waals surface area contributed by atoms with Crippen molar-refractivity contribution in [3.05, 3.63) is 0 Å². The van der Waals surface area contributed by atoms with Crippen LogP contribution in [0.2, 0.25) is 0 Å². The van der Waals surface area contributed by atoms with Gasteiger partial charge >= 0.3 is 5.97 Å². The first-order valence-electron chi connectivity index (χ1n) is 8.18. The molecule has 22 heavy (non-hydrogen) atoms. The molecule has 0 unspecified atom stereocenters. The fourth-order valence-electron chi connectivity index (χ4n) is 2.80. The molecule has 1 rings (SSSR count). The number of rotatable bonds is 6. The monoisotopic (exact) mass is 425 g/mol. The lowest BCUT2D eigenvalue weighted by molar-refractivity contribution is -0.140. The van der Waals surface area contributed by atoms with Crippen molar-refractivity contribution >= 4 is 35.9 Å². The van der Waals surface area contributed by atoms with Crippen LogP contribution in [0.5, 0.6) is 0 Å². The highest BCUT2D eigenvalue weighted by Crippen LogP contribution is 2.29. The maximum Gasteiger partial charge on any atom is 0.307 e. The van der Waals surface area contributed by atoms with Crippen LogP contribution in [0.15, 0.2) is 4.99 Å². The van der Waals surface area contributed by atoms with Gasteiger partial charge in [-0.15, -0.1) is 24.0 Å². The van der Waals surface area contributed by atoms with Gasteiger partial charge in [-0.25, -0.2) is 0 Å². The van der Waals surface area contributed by atoms with Gasteiger partial charge in [0.2, 0.25) is 0 Å². The van der Waals surface area contributed by atoms with Gasteiger partial charge in [0, 0.05) is 12.6 Å². The Balaban J connectivity index is 0.00000441. The summed E-state index contributed by atoms with van der Waals surface area (Å²) in [6, 6.07) is 0.496. The van der Waals surface area contributed by atoms with Crippen LogP contribution >= 0.6 is 24.0 Å². The number of halogens is 1. The van der Waals surface area contributed by atoms with Gasteiger partial charge in [-0.3, -0.25) is 9.79 Å². The van der Waals surface area contributed by atoms with Crippen molar-refractivity contribution in [3.63, 3.8) is 0 Å². The van der Waals surface area contributed by atoms with Gasteiger partial charge in [-0.2, -0.15) is 0 Å². The first kappa shape index (κ1) is 21.5. The lowest BCUT2D eigenvalue weighted by Gasteiger charge is -2.32. The van der Waals surface area contributed by atoms with Crippen molar-refractivity contribution < 1.29 is 9.53 Å². The molecule has 1 aliphatic rings. The molecule has 0 saturated heterocycles. The van der Waals surface area contributed by atoms with Gasteiger partial charge < -0.3 is 15.4 Å². The topological polar surface area (TPSA) is 62.7 Å². The minimum Gasteiger partial charge on any atom is -0.469 e. The Labute approximate surface area is 152 Å². The molecule has 130 valence electrons. The van der Waals surface area contributed by atoms with Crippen molar-refractivity contribution in [1.29, 1.82) is 0 Å². The van der Waals surface area contributed by atoms with E-state index in [9.17, 15) is 4.79 Å². The molecule has 0 aromatic carbocycles. The molecule has 1 fully saturated rings. The first-order valence-corrected chi connectivity index (χ1v) is 8.18. The molecule has 6 heteroatoms. The van der Waals surface area contributed by atoms with Crippen LogP contribution in [0.4, 0.5) is 0 Å². The number of nitrogens with one attached hydrogen (secondary N) is 2. The summed E-state index contributed by atoms with van der Waals surface area (Å²) in [5.74, 6) is 2.25. The Kier molecular flexibility index (Phi) is 11.7. The van der Waals surface area contributed by atoms with E-state index >= 15 is 0 Å². The Morgan fingerprint density at radius 2 is 1.91 bits per heavy atom. The fraction of sp³-hybridized carbons (Fsp3) is 0.875. The molecule has 0 radical (unpaired) electrons. The maximum atomic E-state index is 11.1. The molecule has 0 aromatic heterocycles. The van der Waals surface area contributed by atoms with E-state index in [1.54, 1.807) is 0 Å². The minimum absolute atomic E-state index is 0. The number of guanidine groups is 1. The predicted octanol–water partition coefficient (Wildman–Crippen LogP) is 2.94. The zero-order valence-electron chi connectivity index (χ0n) is 14.4. The van der Waals surface area contributed by atoms with Crippen molar-refractivity contribution in [1.82, 2.24) is 10.6 Å². The SMILES string of the molecule is CCNC(=NCCC(=O)OC)NC1CCC(C(C)C)CC1.I. The van der Waals surface area contributed by atoms with Crippen molar-refractivity contribution in [2.45, 2.75) is 58.9 Å². The molecular weight excluding hydrogens is 393 g/mol. The number of carbonyl (C=O) groups excluding carboxylic acids is 1. The number of nitrogens with zero attached hydrogens (tertiary/aromatic N) is 1. The van der Waals surface area contributed by atoms with E-state index in [1.807, 2.05) is 6.92 Å². The lowest BCUT2D eigenvalue weighted by Crippen LogP contribution is -2.45. The summed E-state index contributed by atoms with van der Waals surface area (Å²) in [5, 5.41) is 6.74. The molecule has 0 aliphatic heterocycles. The lowest BCUT2D eigenvalue weighted by atomic mass is 9.80. The van der Waals surface area contributed by atoms with E-state index in [1.165, 1.54) is 32.8 Å². The standard InChI is InChI=1S/C16H31N3O2.HI/c1-5-17-16(18-11-10-15(20)21-4)19-14-8-6-13(7-9-14)12(2)3;/h12-14H,5-11H2,1-4H3,(H2,17,18,19);1H. The van der Waals surface area contributed by atoms with Crippen molar-refractivity contribution in [3.8, 4) is 0 Å². The van der Waals surface area contributed by atoms with E-state index in [4.69, 9.17) is 0 Å². The molecule has 0 aromatic rings. The number of methoxy groups -OCH3 is 1. The second kappa shape index (κ2) is 12.0. The molecule has 0 heterocycles. The van der Waals surface area contributed by atoms with Crippen LogP contribution in [0.25, 0.3) is 0 Å². The highest BCUT2D eigenvalue weighted by atomic mass is 127. The zero-order chi connectivity index (χ0) is 15.7. The van der Waals surface area contributed by atoms with Crippen LogP contribution in [-0.4, -0.2) is 38.2 Å². The number of ether oxygens (including phenoxy) is 1. The fourth-order valence-corrected chi connectivity index (χ4v) is 2.80. The number of aliphatic imine (C=N–C) groups is 1. The molecule has 5 nitrogen and oxygen atoms in total. The third kappa shape index (κ3) is 8.19. The highest BCUT2D eigenvalue weighted by molar-refractivity contribution is 14.0. The summed E-state index contributed by atoms with van der Waals surface area (Å²) in [6.45, 7) is 7.97. The first-order chi connectivity index (χ1) is 10.1. The van der Waals surface area contributed by atoms with E-state index < -0.39 is 0 Å². The average Bonchev–Trinajstić information content (AvgIpc) is 2.47. The molecule has 1 saturated carbocycles. The smallest absolute Gasteiger partial charge is 0.307 e. The molecule has 0 bridgehead atoms. The van der Waals surface area contributed by atoms with Gasteiger partial charge in [0.05, 0.1) is 20.1 Å². The molecular formula is C16H32IN3O2. The number of esters is 1. The van der Waals surface area contributed by atoms with Crippen molar-refractivity contribution in [2.75, 3.05) is 20.2 Å². The van der Waals surface area contributed by atoms with Crippen LogP contribution < -0.4 is 10.6 Å². The summed E-state index contributed by atoms with van der Waals surface area (Å²) < 4.78 is 4.63. The van der Waals surface area contributed by atoms with Crippen LogP contribution in [0.1, 0.15) is 52.9 Å². The summed E-state index contributed by atoms with van der Waals surface area (Å²) in [6.07, 6.45) is 5.30. The third-order valence-electron chi connectivity index (χ3n) is 4.21. The summed E-state index contributed by atoms with van der Waals surface area (Å²) in [7, 11) is 1.41. The predicted molar refractivity (Wildman–Crippen MR) is 102 cm³/mol. The van der Waals surface area contributed by atoms with Gasteiger partial charge in [0.1, 0.15) is 0 Å². The van der Waals surface area contributed by atoms with Crippen LogP contribution in [0.3, 0.4) is 0 Å². The summed E-state index contributed by atoms with van der Waals surface area (Å²) >= 11 is 0. The molecule has 0 spiro atoms. The van der Waals surface area contributed by atoms with Gasteiger partial charge in [0.15, 0.2) is 5.96 Å².